The number of ether oxygens (including phenoxy) is 1. The first-order valence-electron chi connectivity index (χ1n) is 16.7. The highest BCUT2D eigenvalue weighted by Gasteiger charge is 2.41. The van der Waals surface area contributed by atoms with E-state index < -0.39 is 41.3 Å². The Morgan fingerprint density at radius 1 is 1.09 bits per heavy atom. The van der Waals surface area contributed by atoms with E-state index in [4.69, 9.17) is 4.74 Å². The van der Waals surface area contributed by atoms with Crippen LogP contribution in [0.25, 0.3) is 0 Å². The second kappa shape index (κ2) is 17.8. The molecule has 1 saturated heterocycles. The highest BCUT2D eigenvalue weighted by molar-refractivity contribution is 6.38. The number of aliphatic hydroxyl groups is 1. The van der Waals surface area contributed by atoms with Gasteiger partial charge in [0.05, 0.1) is 24.7 Å². The van der Waals surface area contributed by atoms with Gasteiger partial charge in [-0.05, 0) is 69.6 Å². The molecule has 4 N–H and O–H groups in total. The fourth-order valence-electron chi connectivity index (χ4n) is 6.14. The minimum Gasteiger partial charge on any atom is -0.493 e. The van der Waals surface area contributed by atoms with E-state index in [-0.39, 0.29) is 30.7 Å². The summed E-state index contributed by atoms with van der Waals surface area (Å²) in [6, 6.07) is 4.65. The van der Waals surface area contributed by atoms with E-state index >= 15 is 0 Å². The molecule has 1 aromatic rings. The van der Waals surface area contributed by atoms with Crippen LogP contribution in [-0.2, 0) is 30.4 Å². The molecule has 2 aliphatic rings. The summed E-state index contributed by atoms with van der Waals surface area (Å²) in [4.78, 5) is 67.6. The number of Topliss-reactive ketones (excluding diaryl/α,β-unsaturated/α-hetero) is 1. The molecule has 2 unspecified atom stereocenters. The van der Waals surface area contributed by atoms with Crippen LogP contribution >= 0.6 is 0 Å². The van der Waals surface area contributed by atoms with E-state index in [1.807, 2.05) is 13.0 Å². The van der Waals surface area contributed by atoms with E-state index in [2.05, 4.69) is 22.5 Å². The van der Waals surface area contributed by atoms with Gasteiger partial charge in [0.15, 0.2) is 0 Å². The Kier molecular flexibility index (Phi) is 14.2. The normalized spacial score (nSPS) is 18.3. The highest BCUT2D eigenvalue weighted by Crippen LogP contribution is 2.29. The SMILES string of the molecule is C=CCNC(=O)C(=O)C(CCC)NC(=O)[C@@H]1CCCN1C(=O)C(NC(=O)Cc1cccc(OCCC(C)(C)O)c1)C1CCCCC1. The van der Waals surface area contributed by atoms with Gasteiger partial charge in [0.2, 0.25) is 23.5 Å². The minimum absolute atomic E-state index is 0.0472. The lowest BCUT2D eigenvalue weighted by molar-refractivity contribution is -0.144. The summed E-state index contributed by atoms with van der Waals surface area (Å²) in [7, 11) is 0. The van der Waals surface area contributed by atoms with Crippen molar-refractivity contribution in [3.8, 4) is 5.75 Å². The van der Waals surface area contributed by atoms with Crippen LogP contribution in [0.1, 0.15) is 90.5 Å². The van der Waals surface area contributed by atoms with Gasteiger partial charge in [0.25, 0.3) is 5.91 Å². The molecule has 4 amide bonds. The number of carbonyl (C=O) groups is 5. The van der Waals surface area contributed by atoms with Crippen LogP contribution in [0.4, 0.5) is 0 Å². The lowest BCUT2D eigenvalue weighted by Gasteiger charge is -2.35. The summed E-state index contributed by atoms with van der Waals surface area (Å²) in [6.45, 7) is 9.66. The van der Waals surface area contributed by atoms with E-state index in [1.54, 1.807) is 32.0 Å². The van der Waals surface area contributed by atoms with Gasteiger partial charge in [-0.1, -0.05) is 50.8 Å². The number of hydrogen-bond acceptors (Lipinski definition) is 7. The van der Waals surface area contributed by atoms with Crippen LogP contribution in [0, 0.1) is 5.92 Å². The molecule has 0 spiro atoms. The van der Waals surface area contributed by atoms with Gasteiger partial charge < -0.3 is 30.7 Å². The third kappa shape index (κ3) is 11.3. The van der Waals surface area contributed by atoms with Gasteiger partial charge in [0.1, 0.15) is 17.8 Å². The highest BCUT2D eigenvalue weighted by atomic mass is 16.5. The maximum Gasteiger partial charge on any atom is 0.289 e. The second-order valence-electron chi connectivity index (χ2n) is 13.1. The fraction of sp³-hybridized carbons (Fsp3) is 0.629. The predicted octanol–water partition coefficient (Wildman–Crippen LogP) is 2.98. The number of amides is 4. The summed E-state index contributed by atoms with van der Waals surface area (Å²) in [5, 5.41) is 18.2. The molecular weight excluding hydrogens is 588 g/mol. The molecule has 1 saturated carbocycles. The quantitative estimate of drug-likeness (QED) is 0.151. The number of hydrogen-bond donors (Lipinski definition) is 4. The van der Waals surface area contributed by atoms with Crippen LogP contribution in [0.15, 0.2) is 36.9 Å². The van der Waals surface area contributed by atoms with E-state index in [0.717, 1.165) is 37.7 Å². The van der Waals surface area contributed by atoms with E-state index in [9.17, 15) is 29.1 Å². The van der Waals surface area contributed by atoms with E-state index in [1.165, 1.54) is 11.0 Å². The molecule has 11 heteroatoms. The molecule has 1 heterocycles. The molecule has 2 fully saturated rings. The van der Waals surface area contributed by atoms with Gasteiger partial charge in [0, 0.05) is 19.5 Å². The van der Waals surface area contributed by atoms with Crippen molar-refractivity contribution in [1.82, 2.24) is 20.9 Å². The Morgan fingerprint density at radius 3 is 2.50 bits per heavy atom. The topological polar surface area (TPSA) is 154 Å². The number of benzene rings is 1. The first-order valence-corrected chi connectivity index (χ1v) is 16.7. The summed E-state index contributed by atoms with van der Waals surface area (Å²) in [5.41, 5.74) is -0.112. The van der Waals surface area contributed by atoms with Gasteiger partial charge in [-0.15, -0.1) is 6.58 Å². The van der Waals surface area contributed by atoms with Crippen molar-refractivity contribution >= 4 is 29.4 Å². The summed E-state index contributed by atoms with van der Waals surface area (Å²) < 4.78 is 5.77. The summed E-state index contributed by atoms with van der Waals surface area (Å²) in [6.07, 6.45) is 8.50. The maximum atomic E-state index is 14.1. The molecule has 1 aromatic carbocycles. The molecule has 3 atom stereocenters. The first kappa shape index (κ1) is 36.7. The van der Waals surface area contributed by atoms with Crippen LogP contribution in [-0.4, -0.2) is 82.8 Å². The van der Waals surface area contributed by atoms with Crippen molar-refractivity contribution in [1.29, 1.82) is 0 Å². The third-order valence-electron chi connectivity index (χ3n) is 8.63. The zero-order valence-electron chi connectivity index (χ0n) is 27.6. The van der Waals surface area contributed by atoms with Gasteiger partial charge in [-0.25, -0.2) is 0 Å². The van der Waals surface area contributed by atoms with Crippen molar-refractivity contribution in [3.05, 3.63) is 42.5 Å². The molecular formula is C35H52N4O7. The number of likely N-dealkylation sites (tertiary alicyclic amines) is 1. The molecule has 254 valence electrons. The molecule has 3 rings (SSSR count). The van der Waals surface area contributed by atoms with E-state index in [0.29, 0.717) is 51.0 Å². The molecule has 0 radical (unpaired) electrons. The van der Waals surface area contributed by atoms with Gasteiger partial charge in [-0.2, -0.15) is 0 Å². The fourth-order valence-corrected chi connectivity index (χ4v) is 6.14. The van der Waals surface area contributed by atoms with Crippen molar-refractivity contribution < 1.29 is 33.8 Å². The monoisotopic (exact) mass is 640 g/mol. The predicted molar refractivity (Wildman–Crippen MR) is 175 cm³/mol. The maximum absolute atomic E-state index is 14.1. The van der Waals surface area contributed by atoms with Crippen molar-refractivity contribution in [2.24, 2.45) is 5.92 Å². The molecule has 46 heavy (non-hydrogen) atoms. The standard InChI is InChI=1S/C35H52N4O7/c1-5-12-27(31(41)33(43)36-19-6-2)37-32(42)28-17-11-20-39(28)34(44)30(25-14-8-7-9-15-25)38-29(40)23-24-13-10-16-26(22-24)46-21-18-35(3,4)45/h6,10,13,16,22,25,27-28,30,45H,2,5,7-9,11-12,14-15,17-21,23H2,1,3-4H3,(H,36,43)(H,37,42)(H,38,40)/t27?,28-,30?/m0/s1. The largest absolute Gasteiger partial charge is 0.493 e. The Labute approximate surface area is 272 Å². The van der Waals surface area contributed by atoms with Crippen LogP contribution in [0.2, 0.25) is 0 Å². The Balaban J connectivity index is 1.70. The lowest BCUT2D eigenvalue weighted by atomic mass is 9.83. The van der Waals surface area contributed by atoms with Crippen LogP contribution in [0.5, 0.6) is 5.75 Å². The second-order valence-corrected chi connectivity index (χ2v) is 13.1. The van der Waals surface area contributed by atoms with Crippen molar-refractivity contribution in [2.75, 3.05) is 19.7 Å². The zero-order chi connectivity index (χ0) is 33.7. The average molecular weight is 641 g/mol. The number of ketones is 1. The molecule has 1 aliphatic carbocycles. The molecule has 11 nitrogen and oxygen atoms in total. The smallest absolute Gasteiger partial charge is 0.289 e. The van der Waals surface area contributed by atoms with Crippen LogP contribution in [0.3, 0.4) is 0 Å². The number of nitrogens with zero attached hydrogens (tertiary/aromatic N) is 1. The lowest BCUT2D eigenvalue weighted by Crippen LogP contribution is -2.58. The number of rotatable bonds is 17. The summed E-state index contributed by atoms with van der Waals surface area (Å²) in [5.74, 6) is -2.02. The average Bonchev–Trinajstić information content (AvgIpc) is 3.52. The number of nitrogens with one attached hydrogen (secondary N) is 3. The minimum atomic E-state index is -0.997. The van der Waals surface area contributed by atoms with Crippen molar-refractivity contribution in [3.63, 3.8) is 0 Å². The first-order chi connectivity index (χ1) is 21.9. The van der Waals surface area contributed by atoms with Crippen molar-refractivity contribution in [2.45, 2.75) is 115 Å². The number of carbonyl (C=O) groups excluding carboxylic acids is 5. The third-order valence-corrected chi connectivity index (χ3v) is 8.63. The Hall–Kier alpha value is -3.73. The molecule has 1 aliphatic heterocycles. The zero-order valence-corrected chi connectivity index (χ0v) is 27.6. The summed E-state index contributed by atoms with van der Waals surface area (Å²) >= 11 is 0. The van der Waals surface area contributed by atoms with Gasteiger partial charge in [-0.3, -0.25) is 24.0 Å². The molecule has 0 aromatic heterocycles. The van der Waals surface area contributed by atoms with Crippen LogP contribution < -0.4 is 20.7 Å². The van der Waals surface area contributed by atoms with Gasteiger partial charge >= 0.3 is 0 Å². The Bertz CT molecular complexity index is 1220. The Morgan fingerprint density at radius 2 is 1.83 bits per heavy atom. The molecule has 0 bridgehead atoms.